The lowest BCUT2D eigenvalue weighted by atomic mass is 10.2. The molecule has 0 aromatic heterocycles. The number of carbonyl (C=O) groups excluding carboxylic acids is 1. The molecule has 0 unspecified atom stereocenters. The second-order valence-corrected chi connectivity index (χ2v) is 3.17. The number of esters is 1. The van der Waals surface area contributed by atoms with Crippen molar-refractivity contribution in [2.45, 2.75) is 13.0 Å². The van der Waals surface area contributed by atoms with Crippen LogP contribution in [-0.2, 0) is 19.1 Å². The third-order valence-corrected chi connectivity index (χ3v) is 2.08. The predicted molar refractivity (Wildman–Crippen MR) is 52.4 cm³/mol. The van der Waals surface area contributed by atoms with Gasteiger partial charge in [0.05, 0.1) is 12.5 Å². The highest BCUT2D eigenvalue weighted by molar-refractivity contribution is 7.80. The van der Waals surface area contributed by atoms with Gasteiger partial charge < -0.3 is 14.6 Å². The third-order valence-electron chi connectivity index (χ3n) is 1.53. The molecule has 0 radical (unpaired) electrons. The van der Waals surface area contributed by atoms with Crippen LogP contribution in [0.2, 0.25) is 0 Å². The Morgan fingerprint density at radius 3 is 2.43 bits per heavy atom. The molecular weight excluding hydrogens is 208 g/mol. The van der Waals surface area contributed by atoms with E-state index < -0.39 is 24.0 Å². The minimum atomic E-state index is -1.24. The van der Waals surface area contributed by atoms with Crippen LogP contribution in [0.4, 0.5) is 0 Å². The van der Waals surface area contributed by atoms with Crippen LogP contribution in [0.3, 0.4) is 0 Å². The zero-order chi connectivity index (χ0) is 11.1. The van der Waals surface area contributed by atoms with Gasteiger partial charge >= 0.3 is 11.9 Å². The standard InChI is InChI=1S/C8H14O5S/c1-5(4-14)8(11)13-6(3-12-2)7(9)10/h5-6,14H,3-4H2,1-2H3,(H,9,10)/t5-,6+/m1/s1. The zero-order valence-electron chi connectivity index (χ0n) is 8.10. The van der Waals surface area contributed by atoms with E-state index in [0.717, 1.165) is 0 Å². The van der Waals surface area contributed by atoms with Gasteiger partial charge in [-0.25, -0.2) is 4.79 Å². The molecule has 0 heterocycles. The Morgan fingerprint density at radius 1 is 1.50 bits per heavy atom. The number of hydrogen-bond donors (Lipinski definition) is 2. The van der Waals surface area contributed by atoms with Crippen LogP contribution in [0, 0.1) is 5.92 Å². The summed E-state index contributed by atoms with van der Waals surface area (Å²) in [5.74, 6) is -1.90. The Kier molecular flexibility index (Phi) is 6.31. The number of rotatable bonds is 6. The number of ether oxygens (including phenoxy) is 2. The Hall–Kier alpha value is -0.750. The predicted octanol–water partition coefficient (Wildman–Crippen LogP) is 0.195. The molecule has 0 spiro atoms. The van der Waals surface area contributed by atoms with Crippen LogP contribution < -0.4 is 0 Å². The lowest BCUT2D eigenvalue weighted by molar-refractivity contribution is -0.169. The summed E-state index contributed by atoms with van der Waals surface area (Å²) in [5, 5.41) is 8.63. The third kappa shape index (κ3) is 4.48. The van der Waals surface area contributed by atoms with Gasteiger partial charge in [0.15, 0.2) is 0 Å². The fourth-order valence-corrected chi connectivity index (χ4v) is 0.787. The normalized spacial score (nSPS) is 14.5. The molecule has 0 aliphatic heterocycles. The van der Waals surface area contributed by atoms with Gasteiger partial charge in [-0.2, -0.15) is 12.6 Å². The largest absolute Gasteiger partial charge is 0.478 e. The van der Waals surface area contributed by atoms with Gasteiger partial charge in [-0.1, -0.05) is 6.92 Å². The summed E-state index contributed by atoms with van der Waals surface area (Å²) in [6.07, 6.45) is -1.24. The van der Waals surface area contributed by atoms with Crippen molar-refractivity contribution in [1.29, 1.82) is 0 Å². The summed E-state index contributed by atoms with van der Waals surface area (Å²) in [6, 6.07) is 0. The molecule has 0 amide bonds. The highest BCUT2D eigenvalue weighted by Crippen LogP contribution is 2.04. The van der Waals surface area contributed by atoms with Crippen molar-refractivity contribution in [2.75, 3.05) is 19.5 Å². The van der Waals surface area contributed by atoms with E-state index >= 15 is 0 Å². The summed E-state index contributed by atoms with van der Waals surface area (Å²) in [6.45, 7) is 1.46. The summed E-state index contributed by atoms with van der Waals surface area (Å²) in [5.41, 5.74) is 0. The van der Waals surface area contributed by atoms with Crippen molar-refractivity contribution >= 4 is 24.6 Å². The van der Waals surface area contributed by atoms with Crippen LogP contribution >= 0.6 is 12.6 Å². The maximum Gasteiger partial charge on any atom is 0.347 e. The molecule has 0 bridgehead atoms. The fraction of sp³-hybridized carbons (Fsp3) is 0.750. The van der Waals surface area contributed by atoms with Gasteiger partial charge in [-0.05, 0) is 0 Å². The number of aliphatic carboxylic acids is 1. The van der Waals surface area contributed by atoms with Crippen molar-refractivity contribution < 1.29 is 24.2 Å². The first-order valence-electron chi connectivity index (χ1n) is 4.06. The van der Waals surface area contributed by atoms with E-state index in [9.17, 15) is 9.59 Å². The average Bonchev–Trinajstić information content (AvgIpc) is 2.15. The number of methoxy groups -OCH3 is 1. The first-order chi connectivity index (χ1) is 6.52. The number of hydrogen-bond acceptors (Lipinski definition) is 5. The number of carboxylic acid groups (broad SMARTS) is 1. The molecule has 0 aliphatic carbocycles. The van der Waals surface area contributed by atoms with E-state index in [1.54, 1.807) is 6.92 Å². The van der Waals surface area contributed by atoms with Crippen LogP contribution in [0.5, 0.6) is 0 Å². The molecule has 0 fully saturated rings. The Labute approximate surface area is 87.8 Å². The smallest absolute Gasteiger partial charge is 0.347 e. The number of thiol groups is 1. The first-order valence-corrected chi connectivity index (χ1v) is 4.69. The zero-order valence-corrected chi connectivity index (χ0v) is 8.99. The average molecular weight is 222 g/mol. The minimum absolute atomic E-state index is 0.152. The Morgan fingerprint density at radius 2 is 2.07 bits per heavy atom. The lowest BCUT2D eigenvalue weighted by Crippen LogP contribution is -2.33. The molecule has 0 aromatic carbocycles. The minimum Gasteiger partial charge on any atom is -0.478 e. The molecule has 0 aromatic rings. The Bertz CT molecular complexity index is 206. The molecule has 0 aliphatic rings. The molecule has 6 heteroatoms. The molecule has 0 rings (SSSR count). The monoisotopic (exact) mass is 222 g/mol. The van der Waals surface area contributed by atoms with Crippen molar-refractivity contribution in [1.82, 2.24) is 0 Å². The highest BCUT2D eigenvalue weighted by Gasteiger charge is 2.24. The molecule has 82 valence electrons. The van der Waals surface area contributed by atoms with Gasteiger partial charge in [0.25, 0.3) is 0 Å². The number of carboxylic acids is 1. The molecule has 0 saturated carbocycles. The van der Waals surface area contributed by atoms with Gasteiger partial charge in [-0.3, -0.25) is 4.79 Å². The van der Waals surface area contributed by atoms with Crippen molar-refractivity contribution in [3.63, 3.8) is 0 Å². The van der Waals surface area contributed by atoms with Crippen LogP contribution in [0.25, 0.3) is 0 Å². The molecule has 0 saturated heterocycles. The van der Waals surface area contributed by atoms with Crippen LogP contribution in [0.15, 0.2) is 0 Å². The van der Waals surface area contributed by atoms with Gasteiger partial charge in [0, 0.05) is 12.9 Å². The molecule has 5 nitrogen and oxygen atoms in total. The van der Waals surface area contributed by atoms with E-state index in [2.05, 4.69) is 17.4 Å². The van der Waals surface area contributed by atoms with Crippen LogP contribution in [-0.4, -0.2) is 42.6 Å². The molecule has 1 N–H and O–H groups in total. The maximum absolute atomic E-state index is 11.2. The number of carbonyl (C=O) groups is 2. The first kappa shape index (κ1) is 13.2. The summed E-state index contributed by atoms with van der Waals surface area (Å²) >= 11 is 3.90. The SMILES string of the molecule is COC[C@H](OC(=O)[C@H](C)CS)C(=O)O. The van der Waals surface area contributed by atoms with Crippen molar-refractivity contribution in [2.24, 2.45) is 5.92 Å². The van der Waals surface area contributed by atoms with E-state index in [4.69, 9.17) is 9.84 Å². The van der Waals surface area contributed by atoms with E-state index in [0.29, 0.717) is 5.75 Å². The topological polar surface area (TPSA) is 72.8 Å². The van der Waals surface area contributed by atoms with Gasteiger partial charge in [-0.15, -0.1) is 0 Å². The van der Waals surface area contributed by atoms with E-state index in [1.807, 2.05) is 0 Å². The summed E-state index contributed by atoms with van der Waals surface area (Å²) in [7, 11) is 1.34. The summed E-state index contributed by atoms with van der Waals surface area (Å²) < 4.78 is 9.30. The lowest BCUT2D eigenvalue weighted by Gasteiger charge is -2.14. The van der Waals surface area contributed by atoms with Crippen molar-refractivity contribution in [3.8, 4) is 0 Å². The van der Waals surface area contributed by atoms with E-state index in [-0.39, 0.29) is 6.61 Å². The van der Waals surface area contributed by atoms with Gasteiger partial charge in [0.2, 0.25) is 6.10 Å². The van der Waals surface area contributed by atoms with Crippen LogP contribution in [0.1, 0.15) is 6.92 Å². The van der Waals surface area contributed by atoms with Crippen molar-refractivity contribution in [3.05, 3.63) is 0 Å². The second-order valence-electron chi connectivity index (χ2n) is 2.80. The second kappa shape index (κ2) is 6.67. The van der Waals surface area contributed by atoms with E-state index in [1.165, 1.54) is 7.11 Å². The van der Waals surface area contributed by atoms with Gasteiger partial charge in [0.1, 0.15) is 0 Å². The molecule has 14 heavy (non-hydrogen) atoms. The molecule has 2 atom stereocenters. The quantitative estimate of drug-likeness (QED) is 0.496. The maximum atomic E-state index is 11.2. The fourth-order valence-electron chi connectivity index (χ4n) is 0.638. The Balaban J connectivity index is 4.15. The molecular formula is C8H14O5S. The highest BCUT2D eigenvalue weighted by atomic mass is 32.1. The summed E-state index contributed by atoms with van der Waals surface area (Å²) in [4.78, 5) is 21.7.